The molecule has 4 aromatic rings. The monoisotopic (exact) mass is 426 g/mol. The zero-order valence-corrected chi connectivity index (χ0v) is 18.4. The molecule has 0 unspecified atom stereocenters. The van der Waals surface area contributed by atoms with E-state index in [1.807, 2.05) is 22.9 Å². The molecule has 0 spiro atoms. The molecule has 1 aromatic heterocycles. The van der Waals surface area contributed by atoms with E-state index in [2.05, 4.69) is 95.0 Å². The predicted octanol–water partition coefficient (Wildman–Crippen LogP) is 5.64. The lowest BCUT2D eigenvalue weighted by atomic mass is 10.1. The van der Waals surface area contributed by atoms with Crippen LogP contribution in [-0.4, -0.2) is 19.8 Å². The number of benzene rings is 3. The highest BCUT2D eigenvalue weighted by Gasteiger charge is 2.14. The Kier molecular flexibility index (Phi) is 6.75. The molecule has 0 aliphatic rings. The van der Waals surface area contributed by atoms with Crippen molar-refractivity contribution in [3.63, 3.8) is 0 Å². The van der Waals surface area contributed by atoms with Crippen LogP contribution in [0.5, 0.6) is 0 Å². The molecule has 1 N–H and O–H groups in total. The number of aromatic nitrogens is 2. The molecule has 5 heteroatoms. The van der Waals surface area contributed by atoms with Gasteiger partial charge in [0.05, 0.1) is 12.7 Å². The average Bonchev–Trinajstić information content (AvgIpc) is 3.22. The first kappa shape index (κ1) is 20.8. The average molecular weight is 427 g/mol. The maximum absolute atomic E-state index is 5.84. The zero-order valence-electron chi connectivity index (χ0n) is 17.6. The second kappa shape index (κ2) is 10.0. The summed E-state index contributed by atoms with van der Waals surface area (Å²) in [7, 11) is 0. The fourth-order valence-electron chi connectivity index (χ4n) is 3.43. The number of thiocarbonyl (C=S) groups is 1. The summed E-state index contributed by atoms with van der Waals surface area (Å²) in [6.07, 6.45) is 1.80. The van der Waals surface area contributed by atoms with E-state index in [4.69, 9.17) is 12.2 Å². The summed E-state index contributed by atoms with van der Waals surface area (Å²) in [6, 6.07) is 31.3. The van der Waals surface area contributed by atoms with Gasteiger partial charge in [0.2, 0.25) is 0 Å². The molecule has 3 aromatic carbocycles. The van der Waals surface area contributed by atoms with Gasteiger partial charge in [0.1, 0.15) is 5.82 Å². The predicted molar refractivity (Wildman–Crippen MR) is 131 cm³/mol. The highest BCUT2D eigenvalue weighted by Crippen LogP contribution is 2.15. The molecule has 0 fully saturated rings. The van der Waals surface area contributed by atoms with Gasteiger partial charge in [-0.3, -0.25) is 0 Å². The van der Waals surface area contributed by atoms with Gasteiger partial charge in [-0.15, -0.1) is 0 Å². The van der Waals surface area contributed by atoms with Crippen LogP contribution in [0.25, 0.3) is 0 Å². The van der Waals surface area contributed by atoms with Crippen molar-refractivity contribution >= 4 is 23.1 Å². The maximum atomic E-state index is 5.84. The standard InChI is InChI=1S/C26H26N4S/c1-21-12-14-24(15-13-21)20-30-25(16-17-27-30)28-26(31)29(18-22-8-4-2-5-9-22)19-23-10-6-3-7-11-23/h2-17H,18-20H2,1H3,(H,28,31). The Bertz CT molecular complexity index is 1060. The van der Waals surface area contributed by atoms with Crippen molar-refractivity contribution in [3.8, 4) is 0 Å². The first-order chi connectivity index (χ1) is 15.2. The minimum Gasteiger partial charge on any atom is -0.340 e. The number of anilines is 1. The van der Waals surface area contributed by atoms with Crippen LogP contribution in [0.15, 0.2) is 97.2 Å². The molecule has 0 atom stereocenters. The Balaban J connectivity index is 1.50. The molecule has 4 rings (SSSR count). The van der Waals surface area contributed by atoms with Crippen molar-refractivity contribution in [2.75, 3.05) is 5.32 Å². The highest BCUT2D eigenvalue weighted by molar-refractivity contribution is 7.80. The number of aryl methyl sites for hydroxylation is 1. The Morgan fingerprint density at radius 3 is 1.97 bits per heavy atom. The van der Waals surface area contributed by atoms with Crippen molar-refractivity contribution in [2.24, 2.45) is 0 Å². The summed E-state index contributed by atoms with van der Waals surface area (Å²) in [5.41, 5.74) is 4.89. The molecule has 4 nitrogen and oxygen atoms in total. The number of nitrogens with zero attached hydrogens (tertiary/aromatic N) is 3. The Hall–Kier alpha value is -3.44. The third kappa shape index (κ3) is 5.80. The first-order valence-electron chi connectivity index (χ1n) is 10.4. The van der Waals surface area contributed by atoms with E-state index in [1.165, 1.54) is 22.3 Å². The SMILES string of the molecule is Cc1ccc(Cn2nccc2NC(=S)N(Cc2ccccc2)Cc2ccccc2)cc1. The third-order valence-electron chi connectivity index (χ3n) is 5.12. The van der Waals surface area contributed by atoms with Gasteiger partial charge >= 0.3 is 0 Å². The summed E-state index contributed by atoms with van der Waals surface area (Å²) in [4.78, 5) is 2.18. The summed E-state index contributed by atoms with van der Waals surface area (Å²) < 4.78 is 1.94. The van der Waals surface area contributed by atoms with Gasteiger partial charge in [-0.25, -0.2) is 4.68 Å². The van der Waals surface area contributed by atoms with Gasteiger partial charge in [-0.05, 0) is 35.8 Å². The molecule has 0 amide bonds. The van der Waals surface area contributed by atoms with Crippen LogP contribution in [-0.2, 0) is 19.6 Å². The van der Waals surface area contributed by atoms with E-state index < -0.39 is 0 Å². The molecular formula is C26H26N4S. The first-order valence-corrected chi connectivity index (χ1v) is 10.8. The quantitative estimate of drug-likeness (QED) is 0.388. The Labute approximate surface area is 189 Å². The van der Waals surface area contributed by atoms with Crippen LogP contribution in [0, 0.1) is 6.92 Å². The fourth-order valence-corrected chi connectivity index (χ4v) is 3.66. The molecule has 156 valence electrons. The normalized spacial score (nSPS) is 10.6. The maximum Gasteiger partial charge on any atom is 0.175 e. The molecule has 0 saturated heterocycles. The van der Waals surface area contributed by atoms with Gasteiger partial charge < -0.3 is 10.2 Å². The van der Waals surface area contributed by atoms with Crippen LogP contribution < -0.4 is 5.32 Å². The molecule has 0 aliphatic heterocycles. The van der Waals surface area contributed by atoms with E-state index in [-0.39, 0.29) is 0 Å². The summed E-state index contributed by atoms with van der Waals surface area (Å²) in [5, 5.41) is 8.59. The summed E-state index contributed by atoms with van der Waals surface area (Å²) in [6.45, 7) is 4.24. The van der Waals surface area contributed by atoms with E-state index in [1.54, 1.807) is 6.20 Å². The minimum absolute atomic E-state index is 0.679. The van der Waals surface area contributed by atoms with E-state index in [0.717, 1.165) is 18.9 Å². The summed E-state index contributed by atoms with van der Waals surface area (Å²) in [5.74, 6) is 0.886. The van der Waals surface area contributed by atoms with Crippen molar-refractivity contribution in [2.45, 2.75) is 26.6 Å². The summed E-state index contributed by atoms with van der Waals surface area (Å²) >= 11 is 5.84. The van der Waals surface area contributed by atoms with Gasteiger partial charge in [0.25, 0.3) is 0 Å². The smallest absolute Gasteiger partial charge is 0.175 e. The van der Waals surface area contributed by atoms with Crippen LogP contribution >= 0.6 is 12.2 Å². The second-order valence-corrected chi connectivity index (χ2v) is 8.00. The Morgan fingerprint density at radius 2 is 1.39 bits per heavy atom. The van der Waals surface area contributed by atoms with Crippen LogP contribution in [0.4, 0.5) is 5.82 Å². The third-order valence-corrected chi connectivity index (χ3v) is 5.48. The molecular weight excluding hydrogens is 400 g/mol. The van der Waals surface area contributed by atoms with Crippen molar-refractivity contribution in [1.82, 2.24) is 14.7 Å². The topological polar surface area (TPSA) is 33.1 Å². The van der Waals surface area contributed by atoms with Gasteiger partial charge in [-0.1, -0.05) is 90.5 Å². The lowest BCUT2D eigenvalue weighted by molar-refractivity contribution is 0.412. The van der Waals surface area contributed by atoms with Crippen molar-refractivity contribution in [1.29, 1.82) is 0 Å². The molecule has 31 heavy (non-hydrogen) atoms. The fraction of sp³-hybridized carbons (Fsp3) is 0.154. The molecule has 1 heterocycles. The zero-order chi connectivity index (χ0) is 21.5. The van der Waals surface area contributed by atoms with Gasteiger partial charge in [0.15, 0.2) is 5.11 Å². The molecule has 0 aliphatic carbocycles. The minimum atomic E-state index is 0.679. The van der Waals surface area contributed by atoms with Crippen LogP contribution in [0.2, 0.25) is 0 Å². The number of rotatable bonds is 7. The lowest BCUT2D eigenvalue weighted by Gasteiger charge is -2.26. The Morgan fingerprint density at radius 1 is 0.806 bits per heavy atom. The molecule has 0 bridgehead atoms. The number of hydrogen-bond acceptors (Lipinski definition) is 2. The highest BCUT2D eigenvalue weighted by atomic mass is 32.1. The van der Waals surface area contributed by atoms with Gasteiger partial charge in [0, 0.05) is 19.2 Å². The van der Waals surface area contributed by atoms with E-state index in [9.17, 15) is 0 Å². The molecule has 0 saturated carbocycles. The largest absolute Gasteiger partial charge is 0.340 e. The van der Waals surface area contributed by atoms with E-state index >= 15 is 0 Å². The van der Waals surface area contributed by atoms with Gasteiger partial charge in [-0.2, -0.15) is 5.10 Å². The van der Waals surface area contributed by atoms with Crippen LogP contribution in [0.1, 0.15) is 22.3 Å². The lowest BCUT2D eigenvalue weighted by Crippen LogP contribution is -2.34. The van der Waals surface area contributed by atoms with Crippen molar-refractivity contribution in [3.05, 3.63) is 119 Å². The van der Waals surface area contributed by atoms with Crippen LogP contribution in [0.3, 0.4) is 0 Å². The number of hydrogen-bond donors (Lipinski definition) is 1. The number of nitrogens with one attached hydrogen (secondary N) is 1. The van der Waals surface area contributed by atoms with Crippen molar-refractivity contribution < 1.29 is 0 Å². The second-order valence-electron chi connectivity index (χ2n) is 7.62. The molecule has 0 radical (unpaired) electrons. The van der Waals surface area contributed by atoms with E-state index in [0.29, 0.717) is 11.7 Å².